The summed E-state index contributed by atoms with van der Waals surface area (Å²) in [6, 6.07) is 0. The van der Waals surface area contributed by atoms with Gasteiger partial charge in [-0.3, -0.25) is 0 Å². The molecule has 0 atom stereocenters. The highest BCUT2D eigenvalue weighted by Gasteiger charge is 2.10. The van der Waals surface area contributed by atoms with Crippen LogP contribution in [0.5, 0.6) is 0 Å². The van der Waals surface area contributed by atoms with Gasteiger partial charge in [-0.05, 0) is 19.8 Å². The van der Waals surface area contributed by atoms with Crippen molar-refractivity contribution in [3.05, 3.63) is 0 Å². The molecule has 0 radical (unpaired) electrons. The van der Waals surface area contributed by atoms with Crippen LogP contribution in [0.2, 0.25) is 0 Å². The fourth-order valence-corrected chi connectivity index (χ4v) is 12.8. The molecule has 0 aliphatic heterocycles. The van der Waals surface area contributed by atoms with Gasteiger partial charge in [0.25, 0.3) is 0 Å². The van der Waals surface area contributed by atoms with Gasteiger partial charge in [-0.25, -0.2) is 0 Å². The van der Waals surface area contributed by atoms with Crippen LogP contribution in [0.15, 0.2) is 0 Å². The summed E-state index contributed by atoms with van der Waals surface area (Å²) in [5.41, 5.74) is 0. The summed E-state index contributed by atoms with van der Waals surface area (Å²) >= 11 is 0. The van der Waals surface area contributed by atoms with Crippen molar-refractivity contribution in [2.24, 2.45) is 0 Å². The van der Waals surface area contributed by atoms with Crippen LogP contribution in [-0.2, 0) is 0 Å². The third kappa shape index (κ3) is 72.0. The van der Waals surface area contributed by atoms with E-state index < -0.39 is 0 Å². The van der Waals surface area contributed by atoms with E-state index >= 15 is 0 Å². The predicted octanol–water partition coefficient (Wildman–Crippen LogP) is 28.4. The average Bonchev–Trinajstić information content (AvgIpc) is 3.43. The van der Waals surface area contributed by atoms with E-state index in [2.05, 4.69) is 27.9 Å². The summed E-state index contributed by atoms with van der Waals surface area (Å²) in [6.45, 7) is 7.25. The first kappa shape index (κ1) is 77.0. The molecule has 0 saturated heterocycles. The van der Waals surface area contributed by atoms with E-state index in [1.165, 1.54) is 467 Å². The van der Waals surface area contributed by atoms with Crippen molar-refractivity contribution < 1.29 is 4.48 Å². The van der Waals surface area contributed by atoms with E-state index in [4.69, 9.17) is 0 Å². The number of unbranched alkanes of at least 4 members (excludes halogenated alkanes) is 69. The first-order valence-electron chi connectivity index (χ1n) is 37.9. The Kier molecular flexibility index (Phi) is 70.2. The summed E-state index contributed by atoms with van der Waals surface area (Å²) < 4.78 is 1.19. The highest BCUT2D eigenvalue weighted by Crippen LogP contribution is 2.21. The second-order valence-corrected chi connectivity index (χ2v) is 27.4. The Morgan fingerprint density at radius 2 is 0.221 bits per heavy atom. The highest BCUT2D eigenvalue weighted by molar-refractivity contribution is 4.57. The molecule has 0 aromatic rings. The molecular formula is C76H156N+. The molecule has 77 heavy (non-hydrogen) atoms. The van der Waals surface area contributed by atoms with Gasteiger partial charge in [0.2, 0.25) is 0 Å². The molecule has 0 heterocycles. The molecule has 0 aromatic carbocycles. The lowest BCUT2D eigenvalue weighted by molar-refractivity contribution is -0.888. The number of nitrogens with zero attached hydrogens (tertiary/aromatic N) is 1. The van der Waals surface area contributed by atoms with Crippen LogP contribution in [0, 0.1) is 0 Å². The first-order chi connectivity index (χ1) is 38.1. The van der Waals surface area contributed by atoms with Gasteiger partial charge in [-0.15, -0.1) is 0 Å². The van der Waals surface area contributed by atoms with Crippen molar-refractivity contribution in [2.45, 2.75) is 463 Å². The van der Waals surface area contributed by atoms with Crippen LogP contribution in [-0.4, -0.2) is 31.7 Å². The fraction of sp³-hybridized carbons (Fsp3) is 1.00. The number of quaternary nitrogens is 1. The van der Waals surface area contributed by atoms with Gasteiger partial charge in [0, 0.05) is 0 Å². The van der Waals surface area contributed by atoms with Crippen molar-refractivity contribution in [1.29, 1.82) is 0 Å². The van der Waals surface area contributed by atoms with Gasteiger partial charge >= 0.3 is 0 Å². The minimum absolute atomic E-state index is 1.19. The van der Waals surface area contributed by atoms with Crippen molar-refractivity contribution in [3.63, 3.8) is 0 Å². The Morgan fingerprint density at radius 1 is 0.130 bits per heavy atom. The molecule has 1 heteroatoms. The molecule has 0 fully saturated rings. The lowest BCUT2D eigenvalue weighted by atomic mass is 10.0. The molecular weight excluding hydrogens is 927 g/mol. The Balaban J connectivity index is 3.09. The summed E-state index contributed by atoms with van der Waals surface area (Å²) in [6.07, 6.45) is 104. The largest absolute Gasteiger partial charge is 0.329 e. The quantitative estimate of drug-likeness (QED) is 0.0421. The zero-order chi connectivity index (χ0) is 55.4. The van der Waals surface area contributed by atoms with Gasteiger partial charge in [-0.1, -0.05) is 444 Å². The summed E-state index contributed by atoms with van der Waals surface area (Å²) in [7, 11) is 4.74. The maximum Gasteiger partial charge on any atom is 0.0782 e. The average molecular weight is 1080 g/mol. The number of hydrogen-bond acceptors (Lipinski definition) is 0. The molecule has 0 aromatic heterocycles. The zero-order valence-electron chi connectivity index (χ0n) is 55.4. The molecule has 0 amide bonds. The SMILES string of the molecule is CCCCCCCCCCCCCCCCCCCCCCCCCCCCCCCCCCCCCCCCCCCCCCCCCCCCCCCCCCCCCCCCCCCCCCCC[N+](C)(C)CC. The predicted molar refractivity (Wildman–Crippen MR) is 356 cm³/mol. The van der Waals surface area contributed by atoms with Crippen LogP contribution in [0.1, 0.15) is 463 Å². The number of hydrogen-bond donors (Lipinski definition) is 0. The molecule has 0 spiro atoms. The molecule has 0 saturated carbocycles. The normalized spacial score (nSPS) is 12.0. The lowest BCUT2D eigenvalue weighted by Crippen LogP contribution is -2.39. The Bertz CT molecular complexity index is 984. The van der Waals surface area contributed by atoms with E-state index in [1.807, 2.05) is 0 Å². The minimum atomic E-state index is 1.19. The molecule has 0 N–H and O–H groups in total. The van der Waals surface area contributed by atoms with E-state index in [0.717, 1.165) is 0 Å². The van der Waals surface area contributed by atoms with Crippen LogP contribution in [0.4, 0.5) is 0 Å². The summed E-state index contributed by atoms with van der Waals surface area (Å²) in [5, 5.41) is 0. The van der Waals surface area contributed by atoms with E-state index in [1.54, 1.807) is 0 Å². The maximum absolute atomic E-state index is 2.37. The molecule has 464 valence electrons. The Hall–Kier alpha value is -0.0400. The maximum atomic E-state index is 2.37. The van der Waals surface area contributed by atoms with Crippen LogP contribution < -0.4 is 0 Å². The third-order valence-corrected chi connectivity index (χ3v) is 19.0. The molecule has 0 aliphatic carbocycles. The molecule has 0 bridgehead atoms. The van der Waals surface area contributed by atoms with Crippen molar-refractivity contribution >= 4 is 0 Å². The van der Waals surface area contributed by atoms with Crippen LogP contribution >= 0.6 is 0 Å². The second kappa shape index (κ2) is 70.2. The topological polar surface area (TPSA) is 0 Å². The van der Waals surface area contributed by atoms with Gasteiger partial charge in [0.1, 0.15) is 0 Å². The zero-order valence-corrected chi connectivity index (χ0v) is 55.4. The standard InChI is InChI=1S/C76H156N/c1-5-7-8-9-10-11-12-13-14-15-16-17-18-19-20-21-22-23-24-25-26-27-28-29-30-31-32-33-34-35-36-37-38-39-40-41-42-43-44-45-46-47-48-49-50-51-52-53-54-55-56-57-58-59-60-61-62-63-64-65-66-67-68-69-70-71-72-73-74-75-76-77(3,4)6-2/h5-76H2,1-4H3/q+1. The molecule has 1 nitrogen and oxygen atoms in total. The number of rotatable bonds is 72. The van der Waals surface area contributed by atoms with Crippen molar-refractivity contribution in [1.82, 2.24) is 0 Å². The van der Waals surface area contributed by atoms with Crippen LogP contribution in [0.3, 0.4) is 0 Å². The molecule has 0 rings (SSSR count). The van der Waals surface area contributed by atoms with Gasteiger partial charge in [-0.2, -0.15) is 0 Å². The van der Waals surface area contributed by atoms with Crippen molar-refractivity contribution in [2.75, 3.05) is 27.2 Å². The lowest BCUT2D eigenvalue weighted by Gasteiger charge is -2.28. The minimum Gasteiger partial charge on any atom is -0.329 e. The molecule has 0 aliphatic rings. The third-order valence-electron chi connectivity index (χ3n) is 19.0. The monoisotopic (exact) mass is 1080 g/mol. The Morgan fingerprint density at radius 3 is 0.312 bits per heavy atom. The second-order valence-electron chi connectivity index (χ2n) is 27.4. The summed E-state index contributed by atoms with van der Waals surface area (Å²) in [4.78, 5) is 0. The van der Waals surface area contributed by atoms with Crippen LogP contribution in [0.25, 0.3) is 0 Å². The van der Waals surface area contributed by atoms with E-state index in [-0.39, 0.29) is 0 Å². The van der Waals surface area contributed by atoms with Gasteiger partial charge < -0.3 is 4.48 Å². The van der Waals surface area contributed by atoms with Gasteiger partial charge in [0.05, 0.1) is 27.2 Å². The first-order valence-corrected chi connectivity index (χ1v) is 37.9. The van der Waals surface area contributed by atoms with E-state index in [0.29, 0.717) is 0 Å². The summed E-state index contributed by atoms with van der Waals surface area (Å²) in [5.74, 6) is 0. The van der Waals surface area contributed by atoms with E-state index in [9.17, 15) is 0 Å². The Labute approximate surface area is 492 Å². The molecule has 0 unspecified atom stereocenters. The van der Waals surface area contributed by atoms with Gasteiger partial charge in [0.15, 0.2) is 0 Å². The fourth-order valence-electron chi connectivity index (χ4n) is 12.8. The smallest absolute Gasteiger partial charge is 0.0782 e. The highest BCUT2D eigenvalue weighted by atomic mass is 15.3. The van der Waals surface area contributed by atoms with Crippen molar-refractivity contribution in [3.8, 4) is 0 Å².